The van der Waals surface area contributed by atoms with E-state index in [-0.39, 0.29) is 5.91 Å². The number of carbonyl (C=O) groups excluding carboxylic acids is 1. The molecule has 0 atom stereocenters. The van der Waals surface area contributed by atoms with Crippen LogP contribution in [0, 0.1) is 0 Å². The van der Waals surface area contributed by atoms with Crippen molar-refractivity contribution in [3.05, 3.63) is 24.3 Å². The van der Waals surface area contributed by atoms with Crippen molar-refractivity contribution < 1.29 is 9.53 Å². The number of nitrogens with one attached hydrogen (secondary N) is 1. The summed E-state index contributed by atoms with van der Waals surface area (Å²) in [5.41, 5.74) is 0.965. The van der Waals surface area contributed by atoms with Gasteiger partial charge in [0.15, 0.2) is 0 Å². The summed E-state index contributed by atoms with van der Waals surface area (Å²) < 4.78 is 5.22. The Kier molecular flexibility index (Phi) is 5.33. The number of para-hydroxylation sites is 2. The number of hydrogen-bond acceptors (Lipinski definition) is 3. The standard InChI is InChI=1S/C13H20N2O2/c1-15(2)13(16)9-6-10-14-11-7-4-5-8-12(11)17-3/h4-5,7-8,14H,6,9-10H2,1-3H3. The van der Waals surface area contributed by atoms with Crippen molar-refractivity contribution >= 4 is 11.6 Å². The molecule has 0 fully saturated rings. The Balaban J connectivity index is 2.33. The SMILES string of the molecule is COc1ccccc1NCCCC(=O)N(C)C. The van der Waals surface area contributed by atoms with Crippen LogP contribution in [0.3, 0.4) is 0 Å². The van der Waals surface area contributed by atoms with E-state index in [1.54, 1.807) is 26.1 Å². The second-order valence-corrected chi connectivity index (χ2v) is 4.02. The van der Waals surface area contributed by atoms with Crippen molar-refractivity contribution in [2.45, 2.75) is 12.8 Å². The van der Waals surface area contributed by atoms with E-state index in [1.165, 1.54) is 0 Å². The third-order valence-corrected chi connectivity index (χ3v) is 2.49. The summed E-state index contributed by atoms with van der Waals surface area (Å²) in [5.74, 6) is 0.985. The third kappa shape index (κ3) is 4.34. The average Bonchev–Trinajstić information content (AvgIpc) is 2.34. The fraction of sp³-hybridized carbons (Fsp3) is 0.462. The monoisotopic (exact) mass is 236 g/mol. The van der Waals surface area contributed by atoms with Crippen LogP contribution in [0.5, 0.6) is 5.75 Å². The number of carbonyl (C=O) groups is 1. The predicted molar refractivity (Wildman–Crippen MR) is 69.4 cm³/mol. The zero-order chi connectivity index (χ0) is 12.7. The maximum atomic E-state index is 11.4. The highest BCUT2D eigenvalue weighted by Gasteiger charge is 2.04. The summed E-state index contributed by atoms with van der Waals surface area (Å²) in [4.78, 5) is 13.0. The zero-order valence-corrected chi connectivity index (χ0v) is 10.7. The Bertz CT molecular complexity index is 364. The Hall–Kier alpha value is -1.71. The van der Waals surface area contributed by atoms with Gasteiger partial charge in [0.05, 0.1) is 12.8 Å². The summed E-state index contributed by atoms with van der Waals surface area (Å²) >= 11 is 0. The summed E-state index contributed by atoms with van der Waals surface area (Å²) in [6.45, 7) is 0.764. The van der Waals surface area contributed by atoms with E-state index >= 15 is 0 Å². The van der Waals surface area contributed by atoms with Crippen LogP contribution in [0.25, 0.3) is 0 Å². The molecule has 0 saturated carbocycles. The molecular weight excluding hydrogens is 216 g/mol. The molecule has 1 aromatic rings. The second-order valence-electron chi connectivity index (χ2n) is 4.02. The normalized spacial score (nSPS) is 9.82. The van der Waals surface area contributed by atoms with Crippen LogP contribution in [0.15, 0.2) is 24.3 Å². The fourth-order valence-electron chi connectivity index (χ4n) is 1.48. The smallest absolute Gasteiger partial charge is 0.222 e. The summed E-state index contributed by atoms with van der Waals surface area (Å²) in [5, 5.41) is 3.26. The van der Waals surface area contributed by atoms with Crippen LogP contribution in [-0.2, 0) is 4.79 Å². The van der Waals surface area contributed by atoms with E-state index in [9.17, 15) is 4.79 Å². The van der Waals surface area contributed by atoms with Crippen molar-refractivity contribution in [2.24, 2.45) is 0 Å². The fourth-order valence-corrected chi connectivity index (χ4v) is 1.48. The van der Waals surface area contributed by atoms with Gasteiger partial charge in [0.25, 0.3) is 0 Å². The molecule has 0 heterocycles. The number of rotatable bonds is 6. The summed E-state index contributed by atoms with van der Waals surface area (Å²) in [6.07, 6.45) is 1.38. The number of anilines is 1. The topological polar surface area (TPSA) is 41.6 Å². The molecular formula is C13H20N2O2. The number of nitrogens with zero attached hydrogens (tertiary/aromatic N) is 1. The Morgan fingerprint density at radius 2 is 2.06 bits per heavy atom. The molecule has 1 aromatic carbocycles. The van der Waals surface area contributed by atoms with Gasteiger partial charge in [-0.05, 0) is 18.6 Å². The molecule has 0 aliphatic heterocycles. The lowest BCUT2D eigenvalue weighted by Gasteiger charge is -2.12. The Morgan fingerprint density at radius 3 is 2.71 bits per heavy atom. The van der Waals surface area contributed by atoms with Crippen LogP contribution in [0.1, 0.15) is 12.8 Å². The first kappa shape index (κ1) is 13.4. The highest BCUT2D eigenvalue weighted by atomic mass is 16.5. The maximum Gasteiger partial charge on any atom is 0.222 e. The molecule has 94 valence electrons. The van der Waals surface area contributed by atoms with Gasteiger partial charge in [-0.1, -0.05) is 12.1 Å². The maximum absolute atomic E-state index is 11.4. The van der Waals surface area contributed by atoms with Crippen molar-refractivity contribution in [1.82, 2.24) is 4.90 Å². The Morgan fingerprint density at radius 1 is 1.35 bits per heavy atom. The number of amides is 1. The molecule has 1 rings (SSSR count). The largest absolute Gasteiger partial charge is 0.495 e. The van der Waals surface area contributed by atoms with E-state index in [0.29, 0.717) is 6.42 Å². The van der Waals surface area contributed by atoms with Gasteiger partial charge in [-0.25, -0.2) is 0 Å². The van der Waals surface area contributed by atoms with Crippen molar-refractivity contribution in [1.29, 1.82) is 0 Å². The van der Waals surface area contributed by atoms with Gasteiger partial charge in [0.1, 0.15) is 5.75 Å². The van der Waals surface area contributed by atoms with Crippen molar-refractivity contribution in [2.75, 3.05) is 33.1 Å². The lowest BCUT2D eigenvalue weighted by Crippen LogP contribution is -2.22. The molecule has 0 aliphatic rings. The summed E-state index contributed by atoms with van der Waals surface area (Å²) in [6, 6.07) is 7.76. The van der Waals surface area contributed by atoms with Gasteiger partial charge < -0.3 is 15.0 Å². The van der Waals surface area contributed by atoms with Crippen molar-refractivity contribution in [3.8, 4) is 5.75 Å². The van der Waals surface area contributed by atoms with Crippen LogP contribution < -0.4 is 10.1 Å². The van der Waals surface area contributed by atoms with E-state index in [0.717, 1.165) is 24.4 Å². The third-order valence-electron chi connectivity index (χ3n) is 2.49. The molecule has 0 radical (unpaired) electrons. The van der Waals surface area contributed by atoms with Gasteiger partial charge >= 0.3 is 0 Å². The summed E-state index contributed by atoms with van der Waals surface area (Å²) in [7, 11) is 5.20. The average molecular weight is 236 g/mol. The number of methoxy groups -OCH3 is 1. The highest BCUT2D eigenvalue weighted by molar-refractivity contribution is 5.75. The molecule has 1 amide bonds. The first-order chi connectivity index (χ1) is 8.15. The minimum absolute atomic E-state index is 0.159. The van der Waals surface area contributed by atoms with Gasteiger partial charge in [-0.3, -0.25) is 4.79 Å². The highest BCUT2D eigenvalue weighted by Crippen LogP contribution is 2.22. The van der Waals surface area contributed by atoms with Crippen molar-refractivity contribution in [3.63, 3.8) is 0 Å². The van der Waals surface area contributed by atoms with E-state index < -0.39 is 0 Å². The van der Waals surface area contributed by atoms with Gasteiger partial charge in [0.2, 0.25) is 5.91 Å². The molecule has 0 aliphatic carbocycles. The van der Waals surface area contributed by atoms with Gasteiger partial charge in [-0.2, -0.15) is 0 Å². The van der Waals surface area contributed by atoms with Gasteiger partial charge in [0, 0.05) is 27.1 Å². The molecule has 17 heavy (non-hydrogen) atoms. The molecule has 0 bridgehead atoms. The van der Waals surface area contributed by atoms with Crippen LogP contribution in [0.4, 0.5) is 5.69 Å². The van der Waals surface area contributed by atoms with Crippen LogP contribution in [-0.4, -0.2) is 38.6 Å². The Labute approximate surface area is 103 Å². The van der Waals surface area contributed by atoms with Crippen LogP contribution >= 0.6 is 0 Å². The van der Waals surface area contributed by atoms with Crippen LogP contribution in [0.2, 0.25) is 0 Å². The lowest BCUT2D eigenvalue weighted by atomic mass is 10.2. The molecule has 4 heteroatoms. The number of ether oxygens (including phenoxy) is 1. The molecule has 0 unspecified atom stereocenters. The number of benzene rings is 1. The first-order valence-corrected chi connectivity index (χ1v) is 5.72. The first-order valence-electron chi connectivity index (χ1n) is 5.72. The number of hydrogen-bond donors (Lipinski definition) is 1. The van der Waals surface area contributed by atoms with E-state index in [2.05, 4.69) is 5.32 Å². The molecule has 0 aromatic heterocycles. The zero-order valence-electron chi connectivity index (χ0n) is 10.7. The molecule has 0 saturated heterocycles. The van der Waals surface area contributed by atoms with E-state index in [1.807, 2.05) is 24.3 Å². The minimum Gasteiger partial charge on any atom is -0.495 e. The minimum atomic E-state index is 0.159. The molecule has 1 N–H and O–H groups in total. The quantitative estimate of drug-likeness (QED) is 0.768. The molecule has 4 nitrogen and oxygen atoms in total. The van der Waals surface area contributed by atoms with E-state index in [4.69, 9.17) is 4.74 Å². The predicted octanol–water partition coefficient (Wildman–Crippen LogP) is 1.98. The lowest BCUT2D eigenvalue weighted by molar-refractivity contribution is -0.128. The molecule has 0 spiro atoms. The van der Waals surface area contributed by atoms with Gasteiger partial charge in [-0.15, -0.1) is 0 Å². The second kappa shape index (κ2) is 6.78.